The van der Waals surface area contributed by atoms with Crippen LogP contribution in [0.2, 0.25) is 0 Å². The summed E-state index contributed by atoms with van der Waals surface area (Å²) in [7, 11) is 0. The molecule has 0 aliphatic rings. The summed E-state index contributed by atoms with van der Waals surface area (Å²) < 4.78 is 0. The van der Waals surface area contributed by atoms with Gasteiger partial charge in [0.05, 0.1) is 6.10 Å². The summed E-state index contributed by atoms with van der Waals surface area (Å²) in [5.74, 6) is 0. The van der Waals surface area contributed by atoms with Crippen molar-refractivity contribution in [3.05, 3.63) is 144 Å². The van der Waals surface area contributed by atoms with Gasteiger partial charge in [0.2, 0.25) is 0 Å². The minimum atomic E-state index is -0.373. The maximum Gasteiger partial charge on any atom is 0.0679 e. The molecule has 0 saturated carbocycles. The molecule has 3 heteroatoms. The predicted molar refractivity (Wildman–Crippen MR) is 156 cm³/mol. The molecule has 3 N–H and O–H groups in total. The van der Waals surface area contributed by atoms with Crippen LogP contribution in [0.1, 0.15) is 36.1 Å². The second-order valence-corrected chi connectivity index (χ2v) is 8.68. The van der Waals surface area contributed by atoms with Crippen molar-refractivity contribution < 1.29 is 5.11 Å². The summed E-state index contributed by atoms with van der Waals surface area (Å²) in [5, 5.41) is 10.1. The number of aliphatic hydroxyl groups excluding tert-OH is 1. The molecule has 0 saturated heterocycles. The van der Waals surface area contributed by atoms with Crippen LogP contribution < -0.4 is 5.73 Å². The molecule has 36 heavy (non-hydrogen) atoms. The summed E-state index contributed by atoms with van der Waals surface area (Å²) in [4.78, 5) is 2.27. The molecule has 0 spiro atoms. The van der Waals surface area contributed by atoms with E-state index in [1.54, 1.807) is 0 Å². The van der Waals surface area contributed by atoms with Gasteiger partial charge in [0.25, 0.3) is 0 Å². The molecule has 192 valence electrons. The van der Waals surface area contributed by atoms with Crippen molar-refractivity contribution in [1.29, 1.82) is 0 Å². The summed E-state index contributed by atoms with van der Waals surface area (Å²) in [6.45, 7) is 6.99. The highest BCUT2D eigenvalue weighted by molar-refractivity contribution is 5.17. The summed E-state index contributed by atoms with van der Waals surface area (Å²) in [5.41, 5.74) is 10.7. The summed E-state index contributed by atoms with van der Waals surface area (Å²) in [6.07, 6.45) is 0.266. The standard InChI is InChI=1S/C18H24N2O.2C7H8.CH4/c19-12-11-18(21)15-20(13-16-7-3-1-4-8-16)14-17-9-5-2-6-10-17;2*1-7-5-3-2-4-6-7;/h1-10,18,21H,11-15,19H2;2*2-6H,1H3;1H4. The lowest BCUT2D eigenvalue weighted by molar-refractivity contribution is 0.0995. The highest BCUT2D eigenvalue weighted by Crippen LogP contribution is 2.11. The van der Waals surface area contributed by atoms with E-state index in [9.17, 15) is 5.11 Å². The van der Waals surface area contributed by atoms with Gasteiger partial charge in [-0.25, -0.2) is 0 Å². The number of hydrogen-bond donors (Lipinski definition) is 2. The third-order valence-electron chi connectivity index (χ3n) is 5.35. The number of nitrogens with zero attached hydrogens (tertiary/aromatic N) is 1. The number of rotatable bonds is 8. The Balaban J connectivity index is 0.000000351. The van der Waals surface area contributed by atoms with Gasteiger partial charge in [-0.2, -0.15) is 0 Å². The van der Waals surface area contributed by atoms with Crippen LogP contribution in [0.3, 0.4) is 0 Å². The topological polar surface area (TPSA) is 49.5 Å². The van der Waals surface area contributed by atoms with Crippen LogP contribution in [0.25, 0.3) is 0 Å². The Kier molecular flexibility index (Phi) is 16.3. The lowest BCUT2D eigenvalue weighted by Crippen LogP contribution is -2.32. The normalized spacial score (nSPS) is 10.7. The van der Waals surface area contributed by atoms with Crippen molar-refractivity contribution in [2.24, 2.45) is 5.73 Å². The van der Waals surface area contributed by atoms with E-state index in [1.807, 2.05) is 72.8 Å². The molecule has 4 aromatic rings. The second-order valence-electron chi connectivity index (χ2n) is 8.68. The molecule has 1 unspecified atom stereocenters. The SMILES string of the molecule is C.Cc1ccccc1.Cc1ccccc1.NCCC(O)CN(Cc1ccccc1)Cc1ccccc1. The molecule has 1 atom stereocenters. The van der Waals surface area contributed by atoms with E-state index in [-0.39, 0.29) is 13.5 Å². The highest BCUT2D eigenvalue weighted by Gasteiger charge is 2.12. The average Bonchev–Trinajstić information content (AvgIpc) is 2.87. The zero-order valence-electron chi connectivity index (χ0n) is 21.1. The lowest BCUT2D eigenvalue weighted by Gasteiger charge is -2.25. The van der Waals surface area contributed by atoms with E-state index in [0.29, 0.717) is 19.5 Å². The maximum absolute atomic E-state index is 10.1. The second kappa shape index (κ2) is 19.0. The van der Waals surface area contributed by atoms with Crippen LogP contribution in [0.15, 0.2) is 121 Å². The molecule has 0 aliphatic carbocycles. The Hall–Kier alpha value is -3.24. The number of nitrogens with two attached hydrogens (primary N) is 1. The third-order valence-corrected chi connectivity index (χ3v) is 5.35. The fourth-order valence-corrected chi connectivity index (χ4v) is 3.52. The van der Waals surface area contributed by atoms with Gasteiger partial charge in [-0.05, 0) is 37.9 Å². The molecule has 0 radical (unpaired) electrons. The number of hydrogen-bond acceptors (Lipinski definition) is 3. The quantitative estimate of drug-likeness (QED) is 0.282. The average molecular weight is 485 g/mol. The first kappa shape index (κ1) is 30.8. The van der Waals surface area contributed by atoms with Crippen molar-refractivity contribution in [3.8, 4) is 0 Å². The number of aryl methyl sites for hydroxylation is 2. The Morgan fingerprint density at radius 1 is 0.611 bits per heavy atom. The van der Waals surface area contributed by atoms with Crippen LogP contribution in [0.4, 0.5) is 0 Å². The summed E-state index contributed by atoms with van der Waals surface area (Å²) in [6, 6.07) is 41.2. The molecule has 0 fully saturated rings. The first-order valence-electron chi connectivity index (χ1n) is 12.3. The highest BCUT2D eigenvalue weighted by atomic mass is 16.3. The first-order valence-corrected chi connectivity index (χ1v) is 12.3. The molecule has 0 aliphatic heterocycles. The molecular weight excluding hydrogens is 440 g/mol. The Morgan fingerprint density at radius 3 is 1.22 bits per heavy atom. The van der Waals surface area contributed by atoms with Gasteiger partial charge in [0, 0.05) is 19.6 Å². The predicted octanol–water partition coefficient (Wildman–Crippen LogP) is 7.02. The molecular formula is C33H44N2O. The van der Waals surface area contributed by atoms with Crippen LogP contribution in [-0.2, 0) is 13.1 Å². The van der Waals surface area contributed by atoms with Gasteiger partial charge in [0.15, 0.2) is 0 Å². The van der Waals surface area contributed by atoms with Crippen LogP contribution in [0, 0.1) is 13.8 Å². The minimum absolute atomic E-state index is 0. The van der Waals surface area contributed by atoms with E-state index in [0.717, 1.165) is 13.1 Å². The van der Waals surface area contributed by atoms with E-state index in [2.05, 4.69) is 67.3 Å². The Labute approximate surface area is 219 Å². The minimum Gasteiger partial charge on any atom is -0.392 e. The molecule has 3 nitrogen and oxygen atoms in total. The largest absolute Gasteiger partial charge is 0.392 e. The molecule has 4 rings (SSSR count). The van der Waals surface area contributed by atoms with Crippen molar-refractivity contribution in [2.45, 2.75) is 46.9 Å². The fraction of sp³-hybridized carbons (Fsp3) is 0.273. The summed E-state index contributed by atoms with van der Waals surface area (Å²) >= 11 is 0. The van der Waals surface area contributed by atoms with Crippen molar-refractivity contribution in [2.75, 3.05) is 13.1 Å². The van der Waals surface area contributed by atoms with Gasteiger partial charge in [-0.1, -0.05) is 140 Å². The zero-order chi connectivity index (χ0) is 25.1. The zero-order valence-corrected chi connectivity index (χ0v) is 21.1. The molecule has 4 aromatic carbocycles. The molecule has 0 amide bonds. The first-order chi connectivity index (χ1) is 17.1. The lowest BCUT2D eigenvalue weighted by atomic mass is 10.1. The molecule has 0 bridgehead atoms. The van der Waals surface area contributed by atoms with Crippen LogP contribution >= 0.6 is 0 Å². The number of aliphatic hydroxyl groups is 1. The van der Waals surface area contributed by atoms with Crippen LogP contribution in [0.5, 0.6) is 0 Å². The van der Waals surface area contributed by atoms with E-state index >= 15 is 0 Å². The van der Waals surface area contributed by atoms with Crippen LogP contribution in [-0.4, -0.2) is 29.2 Å². The van der Waals surface area contributed by atoms with E-state index in [1.165, 1.54) is 22.3 Å². The van der Waals surface area contributed by atoms with Gasteiger partial charge in [-0.15, -0.1) is 0 Å². The van der Waals surface area contributed by atoms with Gasteiger partial charge >= 0.3 is 0 Å². The van der Waals surface area contributed by atoms with Crippen molar-refractivity contribution >= 4 is 0 Å². The smallest absolute Gasteiger partial charge is 0.0679 e. The Bertz CT molecular complexity index is 930. The molecule has 0 aromatic heterocycles. The van der Waals surface area contributed by atoms with Crippen molar-refractivity contribution in [1.82, 2.24) is 4.90 Å². The van der Waals surface area contributed by atoms with E-state index < -0.39 is 0 Å². The number of benzene rings is 4. The van der Waals surface area contributed by atoms with Gasteiger partial charge in [-0.3, -0.25) is 4.90 Å². The van der Waals surface area contributed by atoms with Gasteiger partial charge in [0.1, 0.15) is 0 Å². The van der Waals surface area contributed by atoms with Crippen molar-refractivity contribution in [3.63, 3.8) is 0 Å². The third kappa shape index (κ3) is 14.2. The Morgan fingerprint density at radius 2 is 0.944 bits per heavy atom. The monoisotopic (exact) mass is 484 g/mol. The van der Waals surface area contributed by atoms with Gasteiger partial charge < -0.3 is 10.8 Å². The molecule has 0 heterocycles. The maximum atomic E-state index is 10.1. The fourth-order valence-electron chi connectivity index (χ4n) is 3.52. The van der Waals surface area contributed by atoms with E-state index in [4.69, 9.17) is 5.73 Å².